The van der Waals surface area contributed by atoms with Crippen molar-refractivity contribution in [1.29, 1.82) is 0 Å². The molecule has 134 valence electrons. The van der Waals surface area contributed by atoms with E-state index in [9.17, 15) is 4.79 Å². The number of hydrogen-bond donors (Lipinski definition) is 1. The molecule has 0 saturated heterocycles. The van der Waals surface area contributed by atoms with Gasteiger partial charge in [0.15, 0.2) is 0 Å². The third-order valence-corrected chi connectivity index (χ3v) is 4.11. The Labute approximate surface area is 152 Å². The summed E-state index contributed by atoms with van der Waals surface area (Å²) < 4.78 is 16.3. The van der Waals surface area contributed by atoms with E-state index >= 15 is 0 Å². The Kier molecular flexibility index (Phi) is 5.27. The van der Waals surface area contributed by atoms with Crippen molar-refractivity contribution in [2.45, 2.75) is 13.0 Å². The van der Waals surface area contributed by atoms with Crippen molar-refractivity contribution in [3.05, 3.63) is 65.9 Å². The van der Waals surface area contributed by atoms with Crippen LogP contribution in [0.1, 0.15) is 24.3 Å². The van der Waals surface area contributed by atoms with Gasteiger partial charge < -0.3 is 19.2 Å². The molecule has 5 heteroatoms. The quantitative estimate of drug-likeness (QED) is 0.671. The van der Waals surface area contributed by atoms with Crippen molar-refractivity contribution in [1.82, 2.24) is 5.32 Å². The molecule has 0 bridgehead atoms. The van der Waals surface area contributed by atoms with E-state index in [0.29, 0.717) is 17.3 Å². The van der Waals surface area contributed by atoms with Crippen LogP contribution in [0.5, 0.6) is 11.5 Å². The first kappa shape index (κ1) is 17.6. The highest BCUT2D eigenvalue weighted by atomic mass is 16.5. The average molecular weight is 351 g/mol. The van der Waals surface area contributed by atoms with Gasteiger partial charge in [0.1, 0.15) is 22.8 Å². The van der Waals surface area contributed by atoms with Gasteiger partial charge in [-0.2, -0.15) is 0 Å². The van der Waals surface area contributed by atoms with Crippen LogP contribution in [-0.2, 0) is 4.79 Å². The fourth-order valence-corrected chi connectivity index (χ4v) is 2.76. The number of carbonyl (C=O) groups excluding carboxylic acids is 1. The Morgan fingerprint density at radius 1 is 1.12 bits per heavy atom. The highest BCUT2D eigenvalue weighted by Crippen LogP contribution is 2.29. The predicted molar refractivity (Wildman–Crippen MR) is 101 cm³/mol. The normalized spacial score (nSPS) is 12.3. The number of hydrogen-bond acceptors (Lipinski definition) is 4. The molecule has 0 aliphatic heterocycles. The number of ether oxygens (including phenoxy) is 2. The molecule has 26 heavy (non-hydrogen) atoms. The lowest BCUT2D eigenvalue weighted by atomic mass is 10.1. The molecule has 5 nitrogen and oxygen atoms in total. The van der Waals surface area contributed by atoms with E-state index in [1.807, 2.05) is 55.5 Å². The number of fused-ring (bicyclic) bond motifs is 1. The van der Waals surface area contributed by atoms with E-state index < -0.39 is 0 Å². The lowest BCUT2D eigenvalue weighted by Crippen LogP contribution is -2.25. The van der Waals surface area contributed by atoms with E-state index in [4.69, 9.17) is 13.9 Å². The van der Waals surface area contributed by atoms with Gasteiger partial charge in [-0.25, -0.2) is 0 Å². The van der Waals surface area contributed by atoms with E-state index in [0.717, 1.165) is 16.5 Å². The summed E-state index contributed by atoms with van der Waals surface area (Å²) in [5.41, 5.74) is 1.64. The van der Waals surface area contributed by atoms with Crippen LogP contribution in [0.2, 0.25) is 0 Å². The Morgan fingerprint density at radius 2 is 1.92 bits per heavy atom. The Hall–Kier alpha value is -3.21. The van der Waals surface area contributed by atoms with Gasteiger partial charge in [0.2, 0.25) is 5.91 Å². The van der Waals surface area contributed by atoms with Crippen LogP contribution in [0.3, 0.4) is 0 Å². The van der Waals surface area contributed by atoms with Crippen molar-refractivity contribution >= 4 is 23.0 Å². The van der Waals surface area contributed by atoms with Crippen molar-refractivity contribution in [2.75, 3.05) is 14.2 Å². The number of carbonyl (C=O) groups is 1. The first-order valence-corrected chi connectivity index (χ1v) is 8.30. The van der Waals surface area contributed by atoms with Crippen molar-refractivity contribution in [2.24, 2.45) is 0 Å². The number of nitrogens with one attached hydrogen (secondary N) is 1. The Bertz CT molecular complexity index is 909. The van der Waals surface area contributed by atoms with Crippen molar-refractivity contribution in [3.63, 3.8) is 0 Å². The van der Waals surface area contributed by atoms with Gasteiger partial charge in [-0.3, -0.25) is 4.79 Å². The maximum atomic E-state index is 12.3. The number of furan rings is 1. The number of methoxy groups -OCH3 is 2. The summed E-state index contributed by atoms with van der Waals surface area (Å²) in [6, 6.07) is 14.9. The summed E-state index contributed by atoms with van der Waals surface area (Å²) >= 11 is 0. The fraction of sp³-hybridized carbons (Fsp3) is 0.190. The second-order valence-corrected chi connectivity index (χ2v) is 5.86. The number of rotatable bonds is 6. The highest BCUT2D eigenvalue weighted by Gasteiger charge is 2.14. The van der Waals surface area contributed by atoms with Crippen LogP contribution >= 0.6 is 0 Å². The molecule has 1 aromatic heterocycles. The molecule has 0 saturated carbocycles. The molecular formula is C21H21NO4. The minimum absolute atomic E-state index is 0.220. The number of para-hydroxylation sites is 1. The van der Waals surface area contributed by atoms with E-state index in [1.165, 1.54) is 6.08 Å². The minimum atomic E-state index is -0.243. The van der Waals surface area contributed by atoms with Gasteiger partial charge in [0, 0.05) is 17.0 Å². The summed E-state index contributed by atoms with van der Waals surface area (Å²) in [6.45, 7) is 1.89. The molecule has 1 atom stereocenters. The summed E-state index contributed by atoms with van der Waals surface area (Å²) in [7, 11) is 3.20. The molecule has 0 fully saturated rings. The standard InChI is InChI=1S/C21H21NO4/c1-14(18-13-16(24-2)8-10-20(18)25-3)22-21(23)11-9-17-12-15-6-4-5-7-19(15)26-17/h4-14H,1-3H3,(H,22,23)/b11-9+. The predicted octanol–water partition coefficient (Wildman–Crippen LogP) is 4.34. The molecule has 0 aliphatic rings. The maximum absolute atomic E-state index is 12.3. The maximum Gasteiger partial charge on any atom is 0.244 e. The highest BCUT2D eigenvalue weighted by molar-refractivity contribution is 5.92. The summed E-state index contributed by atoms with van der Waals surface area (Å²) in [5, 5.41) is 3.93. The summed E-state index contributed by atoms with van der Waals surface area (Å²) in [6.07, 6.45) is 3.12. The molecule has 1 heterocycles. The Balaban J connectivity index is 1.71. The second-order valence-electron chi connectivity index (χ2n) is 5.86. The average Bonchev–Trinajstić information content (AvgIpc) is 3.08. The van der Waals surface area contributed by atoms with Crippen LogP contribution in [-0.4, -0.2) is 20.1 Å². The lowest BCUT2D eigenvalue weighted by molar-refractivity contribution is -0.117. The molecule has 1 N–H and O–H groups in total. The van der Waals surface area contributed by atoms with E-state index in [-0.39, 0.29) is 11.9 Å². The van der Waals surface area contributed by atoms with Gasteiger partial charge >= 0.3 is 0 Å². The molecule has 3 rings (SSSR count). The number of benzene rings is 2. The third-order valence-electron chi connectivity index (χ3n) is 4.11. The molecule has 3 aromatic rings. The van der Waals surface area contributed by atoms with E-state index in [2.05, 4.69) is 5.32 Å². The van der Waals surface area contributed by atoms with Gasteiger partial charge in [-0.15, -0.1) is 0 Å². The molecule has 1 amide bonds. The largest absolute Gasteiger partial charge is 0.497 e. The zero-order valence-electron chi connectivity index (χ0n) is 15.0. The van der Waals surface area contributed by atoms with Gasteiger partial charge in [-0.1, -0.05) is 18.2 Å². The second kappa shape index (κ2) is 7.78. The first-order chi connectivity index (χ1) is 12.6. The van der Waals surface area contributed by atoms with Crippen LogP contribution in [0.4, 0.5) is 0 Å². The summed E-state index contributed by atoms with van der Waals surface area (Å²) in [5.74, 6) is 1.82. The molecular weight excluding hydrogens is 330 g/mol. The molecule has 2 aromatic carbocycles. The van der Waals surface area contributed by atoms with Crippen LogP contribution in [0.25, 0.3) is 17.0 Å². The first-order valence-electron chi connectivity index (χ1n) is 8.30. The topological polar surface area (TPSA) is 60.7 Å². The van der Waals surface area contributed by atoms with Gasteiger partial charge in [-0.05, 0) is 43.3 Å². The molecule has 0 aliphatic carbocycles. The fourth-order valence-electron chi connectivity index (χ4n) is 2.76. The summed E-state index contributed by atoms with van der Waals surface area (Å²) in [4.78, 5) is 12.3. The molecule has 0 spiro atoms. The van der Waals surface area contributed by atoms with E-state index in [1.54, 1.807) is 20.3 Å². The monoisotopic (exact) mass is 351 g/mol. The smallest absolute Gasteiger partial charge is 0.244 e. The van der Waals surface area contributed by atoms with Crippen molar-refractivity contribution in [3.8, 4) is 11.5 Å². The third kappa shape index (κ3) is 3.88. The lowest BCUT2D eigenvalue weighted by Gasteiger charge is -2.17. The van der Waals surface area contributed by atoms with Gasteiger partial charge in [0.25, 0.3) is 0 Å². The zero-order valence-corrected chi connectivity index (χ0v) is 15.0. The Morgan fingerprint density at radius 3 is 2.65 bits per heavy atom. The van der Waals surface area contributed by atoms with Crippen molar-refractivity contribution < 1.29 is 18.7 Å². The molecule has 1 unspecified atom stereocenters. The SMILES string of the molecule is COc1ccc(OC)c(C(C)NC(=O)/C=C/c2cc3ccccc3o2)c1. The van der Waals surface area contributed by atoms with Crippen LogP contribution in [0, 0.1) is 0 Å². The van der Waals surface area contributed by atoms with Crippen LogP contribution in [0.15, 0.2) is 59.0 Å². The van der Waals surface area contributed by atoms with Gasteiger partial charge in [0.05, 0.1) is 20.3 Å². The zero-order chi connectivity index (χ0) is 18.5. The van der Waals surface area contributed by atoms with Crippen LogP contribution < -0.4 is 14.8 Å². The molecule has 0 radical (unpaired) electrons. The minimum Gasteiger partial charge on any atom is -0.497 e. The number of amides is 1.